The van der Waals surface area contributed by atoms with Gasteiger partial charge in [-0.15, -0.1) is 0 Å². The summed E-state index contributed by atoms with van der Waals surface area (Å²) in [5.74, 6) is -4.72. The lowest BCUT2D eigenvalue weighted by atomic mass is 9.99. The number of benzene rings is 1. The van der Waals surface area contributed by atoms with Crippen molar-refractivity contribution in [3.8, 4) is 0 Å². The molecule has 43 heavy (non-hydrogen) atoms. The first kappa shape index (κ1) is 38.4. The molecule has 2 amide bonds. The molecule has 0 aromatic heterocycles. The van der Waals surface area contributed by atoms with E-state index in [2.05, 4.69) is 27.7 Å². The van der Waals surface area contributed by atoms with E-state index >= 15 is 0 Å². The van der Waals surface area contributed by atoms with E-state index in [1.165, 1.54) is 5.56 Å². The molecule has 3 N–H and O–H groups in total. The minimum Gasteiger partial charge on any atom is -0.475 e. The predicted octanol–water partition coefficient (Wildman–Crippen LogP) is 4.79. The molecule has 1 aromatic rings. The number of carboxylic acids is 1. The molecular weight excluding hydrogens is 604 g/mol. The van der Waals surface area contributed by atoms with Gasteiger partial charge in [-0.2, -0.15) is 38.1 Å². The normalized spacial score (nSPS) is 16.3. The molecule has 1 fully saturated rings. The molecule has 8 nitrogen and oxygen atoms in total. The van der Waals surface area contributed by atoms with Gasteiger partial charge in [0.25, 0.3) is 0 Å². The highest BCUT2D eigenvalue weighted by atomic mass is 32.2. The third-order valence-electron chi connectivity index (χ3n) is 6.46. The first-order valence-electron chi connectivity index (χ1n) is 13.8. The molecule has 1 aromatic carbocycles. The summed E-state index contributed by atoms with van der Waals surface area (Å²) < 4.78 is 68.8. The molecule has 0 saturated carbocycles. The van der Waals surface area contributed by atoms with Crippen molar-refractivity contribution in [1.29, 1.82) is 0 Å². The average molecular weight is 644 g/mol. The fraction of sp³-hybridized carbons (Fsp3) is 0.643. The molecular formula is C28H39F6N3O5S. The van der Waals surface area contributed by atoms with Crippen LogP contribution in [0.2, 0.25) is 0 Å². The lowest BCUT2D eigenvalue weighted by Crippen LogP contribution is -2.48. The lowest BCUT2D eigenvalue weighted by Gasteiger charge is -2.21. The summed E-state index contributed by atoms with van der Waals surface area (Å²) in [6, 6.07) is 9.75. The number of thioether (sulfide) groups is 1. The van der Waals surface area contributed by atoms with Crippen LogP contribution in [0.5, 0.6) is 0 Å². The fourth-order valence-electron chi connectivity index (χ4n) is 4.10. The van der Waals surface area contributed by atoms with Crippen molar-refractivity contribution in [3.63, 3.8) is 0 Å². The molecule has 0 bridgehead atoms. The zero-order valence-electron chi connectivity index (χ0n) is 24.1. The number of hydrogen-bond acceptors (Lipinski definition) is 7. The number of nitrogens with zero attached hydrogens (tertiary/aromatic N) is 1. The number of amides is 2. The second-order valence-electron chi connectivity index (χ2n) is 10.5. The van der Waals surface area contributed by atoms with Gasteiger partial charge in [-0.25, -0.2) is 4.79 Å². The Hall–Kier alpha value is -2.65. The first-order chi connectivity index (χ1) is 20.0. The summed E-state index contributed by atoms with van der Waals surface area (Å²) in [6.07, 6.45) is -7.07. The van der Waals surface area contributed by atoms with Crippen molar-refractivity contribution in [3.05, 3.63) is 35.9 Å². The number of ketones is 1. The molecule has 0 radical (unpaired) electrons. The van der Waals surface area contributed by atoms with E-state index in [0.29, 0.717) is 43.4 Å². The number of rotatable bonds is 15. The molecule has 1 aliphatic heterocycles. The van der Waals surface area contributed by atoms with Gasteiger partial charge in [0.15, 0.2) is 0 Å². The monoisotopic (exact) mass is 643 g/mol. The largest absolute Gasteiger partial charge is 0.490 e. The Morgan fingerprint density at radius 3 is 2.21 bits per heavy atom. The summed E-state index contributed by atoms with van der Waals surface area (Å²) in [6.45, 7) is 7.22. The number of nitrogens with one attached hydrogen (secondary N) is 2. The minimum atomic E-state index is -5.08. The number of imide groups is 1. The zero-order chi connectivity index (χ0) is 32.6. The summed E-state index contributed by atoms with van der Waals surface area (Å²) in [5.41, 5.74) is 1.33. The smallest absolute Gasteiger partial charge is 0.475 e. The van der Waals surface area contributed by atoms with Gasteiger partial charge in [0.1, 0.15) is 0 Å². The number of likely N-dealkylation sites (tertiary alicyclic amines) is 1. The van der Waals surface area contributed by atoms with Gasteiger partial charge in [0.05, 0.1) is 11.8 Å². The first-order valence-corrected chi connectivity index (χ1v) is 15.0. The standard InChI is InChI=1S/C26H38F3N3O3S.C2HF3O2/c1-19(2)10-11-24(34)31-25(35)22(9-6-16-36-18-23(33)26(27,28)29)30-13-15-32-14-12-21(17-32)20-7-4-3-5-8-20;3-2(4,5)1(6)7/h3-5,7-8,19,21-22,30H,6,9-18H2,1-2H3,(H,31,34,35);(H,6,7)/t21?,22-;/m0./s1. The molecule has 2 atom stereocenters. The summed E-state index contributed by atoms with van der Waals surface area (Å²) >= 11 is 0.905. The lowest BCUT2D eigenvalue weighted by molar-refractivity contribution is -0.192. The van der Waals surface area contributed by atoms with E-state index < -0.39 is 41.8 Å². The Morgan fingerprint density at radius 1 is 1.02 bits per heavy atom. The van der Waals surface area contributed by atoms with Crippen LogP contribution in [0.15, 0.2) is 30.3 Å². The molecule has 1 aliphatic rings. The van der Waals surface area contributed by atoms with Crippen molar-refractivity contribution < 1.29 is 50.6 Å². The van der Waals surface area contributed by atoms with E-state index in [0.717, 1.165) is 37.8 Å². The maximum Gasteiger partial charge on any atom is 0.490 e. The molecule has 1 saturated heterocycles. The van der Waals surface area contributed by atoms with Crippen LogP contribution in [0.1, 0.15) is 57.4 Å². The maximum absolute atomic E-state index is 12.7. The van der Waals surface area contributed by atoms with Crippen LogP contribution in [0, 0.1) is 5.92 Å². The number of carbonyl (C=O) groups is 4. The van der Waals surface area contributed by atoms with Crippen LogP contribution >= 0.6 is 11.8 Å². The Labute approximate surface area is 251 Å². The predicted molar refractivity (Wildman–Crippen MR) is 151 cm³/mol. The topological polar surface area (TPSA) is 116 Å². The number of carbonyl (C=O) groups excluding carboxylic acids is 3. The highest BCUT2D eigenvalue weighted by Crippen LogP contribution is 2.26. The van der Waals surface area contributed by atoms with Gasteiger partial charge in [0, 0.05) is 26.1 Å². The summed E-state index contributed by atoms with van der Waals surface area (Å²) in [4.78, 5) is 47.1. The molecule has 1 heterocycles. The van der Waals surface area contributed by atoms with Crippen LogP contribution < -0.4 is 10.6 Å². The van der Waals surface area contributed by atoms with Crippen LogP contribution in [-0.2, 0) is 19.2 Å². The molecule has 2 rings (SSSR count). The van der Waals surface area contributed by atoms with Crippen molar-refractivity contribution in [2.24, 2.45) is 5.92 Å². The number of aliphatic carboxylic acids is 1. The number of hydrogen-bond donors (Lipinski definition) is 3. The van der Waals surface area contributed by atoms with Crippen LogP contribution in [-0.4, -0.2) is 89.7 Å². The molecule has 0 spiro atoms. The Kier molecular flexibility index (Phi) is 16.9. The molecule has 15 heteroatoms. The summed E-state index contributed by atoms with van der Waals surface area (Å²) in [5, 5.41) is 12.8. The van der Waals surface area contributed by atoms with E-state index in [4.69, 9.17) is 9.90 Å². The Balaban J connectivity index is 0.00000117. The van der Waals surface area contributed by atoms with Crippen LogP contribution in [0.25, 0.3) is 0 Å². The van der Waals surface area contributed by atoms with E-state index in [1.54, 1.807) is 0 Å². The van der Waals surface area contributed by atoms with Gasteiger partial charge in [-0.1, -0.05) is 44.2 Å². The van der Waals surface area contributed by atoms with Crippen LogP contribution in [0.3, 0.4) is 0 Å². The number of halogens is 6. The minimum absolute atomic E-state index is 0.264. The van der Waals surface area contributed by atoms with Gasteiger partial charge in [0.2, 0.25) is 17.6 Å². The van der Waals surface area contributed by atoms with Crippen LogP contribution in [0.4, 0.5) is 26.3 Å². The highest BCUT2D eigenvalue weighted by Gasteiger charge is 2.38. The quantitative estimate of drug-likeness (QED) is 0.185. The van der Waals surface area contributed by atoms with E-state index in [-0.39, 0.29) is 12.3 Å². The SMILES string of the molecule is CC(C)CCC(=O)NC(=O)[C@H](CCCSCC(=O)C(F)(F)F)NCCN1CCC(c2ccccc2)C1.O=C(O)C(F)(F)F. The maximum atomic E-state index is 12.7. The molecule has 244 valence electrons. The molecule has 1 unspecified atom stereocenters. The zero-order valence-corrected chi connectivity index (χ0v) is 24.9. The van der Waals surface area contributed by atoms with Crippen molar-refractivity contribution in [2.45, 2.75) is 70.3 Å². The van der Waals surface area contributed by atoms with Crippen molar-refractivity contribution in [1.82, 2.24) is 15.5 Å². The average Bonchev–Trinajstić information content (AvgIpc) is 3.39. The Bertz CT molecular complexity index is 1020. The second-order valence-corrected chi connectivity index (χ2v) is 11.6. The van der Waals surface area contributed by atoms with E-state index in [9.17, 15) is 40.7 Å². The highest BCUT2D eigenvalue weighted by molar-refractivity contribution is 7.99. The molecule has 0 aliphatic carbocycles. The van der Waals surface area contributed by atoms with Gasteiger partial charge < -0.3 is 15.3 Å². The number of carboxylic acid groups (broad SMARTS) is 1. The summed E-state index contributed by atoms with van der Waals surface area (Å²) in [7, 11) is 0. The number of alkyl halides is 6. The van der Waals surface area contributed by atoms with E-state index in [1.807, 2.05) is 32.0 Å². The van der Waals surface area contributed by atoms with Gasteiger partial charge in [-0.3, -0.25) is 19.7 Å². The Morgan fingerprint density at radius 2 is 1.65 bits per heavy atom. The van der Waals surface area contributed by atoms with Gasteiger partial charge >= 0.3 is 18.3 Å². The number of Topliss-reactive ketones (excluding diaryl/α,β-unsaturated/α-hetero) is 1. The van der Waals surface area contributed by atoms with Gasteiger partial charge in [-0.05, 0) is 55.4 Å². The fourth-order valence-corrected chi connectivity index (χ4v) is 4.96. The third-order valence-corrected chi connectivity index (χ3v) is 7.51. The third kappa shape index (κ3) is 16.7. The van der Waals surface area contributed by atoms with Crippen molar-refractivity contribution in [2.75, 3.05) is 37.7 Å². The van der Waals surface area contributed by atoms with Crippen molar-refractivity contribution >= 4 is 35.3 Å². The second kappa shape index (κ2) is 18.9.